The molecule has 7 nitrogen and oxygen atoms in total. The van der Waals surface area contributed by atoms with Gasteiger partial charge in [0.2, 0.25) is 0 Å². The van der Waals surface area contributed by atoms with Crippen molar-refractivity contribution in [3.63, 3.8) is 0 Å². The normalized spacial score (nSPS) is 14.4. The van der Waals surface area contributed by atoms with E-state index in [-0.39, 0.29) is 5.43 Å². The van der Waals surface area contributed by atoms with Gasteiger partial charge in [0.25, 0.3) is 0 Å². The quantitative estimate of drug-likeness (QED) is 0.349. The fraction of sp³-hybridized carbons (Fsp3) is 0.259. The topological polar surface area (TPSA) is 81.0 Å². The molecule has 2 aliphatic heterocycles. The molecule has 1 fully saturated rings. The van der Waals surface area contributed by atoms with Gasteiger partial charge in [-0.3, -0.25) is 9.69 Å². The van der Waals surface area contributed by atoms with Crippen molar-refractivity contribution in [1.29, 1.82) is 0 Å². The van der Waals surface area contributed by atoms with Crippen LogP contribution in [0.3, 0.4) is 0 Å². The zero-order chi connectivity index (χ0) is 23.5. The highest BCUT2D eigenvalue weighted by Gasteiger charge is 2.22. The molecule has 2 aromatic carbocycles. The molecule has 0 spiro atoms. The van der Waals surface area contributed by atoms with Gasteiger partial charge in [0.15, 0.2) is 5.43 Å². The van der Waals surface area contributed by atoms with Gasteiger partial charge >= 0.3 is 5.97 Å². The monoisotopic (exact) mass is 458 g/mol. The molecule has 0 bridgehead atoms. The average molecular weight is 459 g/mol. The number of nitrogens with one attached hydrogen (secondary N) is 1. The highest BCUT2D eigenvalue weighted by Crippen LogP contribution is 2.42. The van der Waals surface area contributed by atoms with Crippen LogP contribution in [0.5, 0.6) is 5.75 Å². The van der Waals surface area contributed by atoms with Crippen LogP contribution in [-0.2, 0) is 4.74 Å². The number of benzene rings is 3. The number of methoxy groups -OCH3 is 1. The number of hydrogen-bond donors (Lipinski definition) is 1. The van der Waals surface area contributed by atoms with Crippen LogP contribution in [-0.4, -0.2) is 57.3 Å². The Balaban J connectivity index is 1.57. The van der Waals surface area contributed by atoms with Crippen LogP contribution in [0.2, 0.25) is 0 Å². The number of carbonyl (C=O) groups is 1. The standard InChI is InChI=1S/C27H26N2O5/c1-32-27(31)21-5-3-2-4-20(21)26-22-8-6-18(30)16-24(22)34-25-17-19(7-9-23(25)26)33-15-14-29-12-10-28-11-13-29/h2-9,16-17,28H,10-15H2,1H3. The minimum Gasteiger partial charge on any atom is -0.492 e. The first-order valence-corrected chi connectivity index (χ1v) is 11.4. The second-order valence-corrected chi connectivity index (χ2v) is 8.27. The Kier molecular flexibility index (Phi) is 6.29. The lowest BCUT2D eigenvalue weighted by Crippen LogP contribution is -2.44. The molecule has 5 rings (SSSR count). The van der Waals surface area contributed by atoms with E-state index < -0.39 is 5.97 Å². The summed E-state index contributed by atoms with van der Waals surface area (Å²) in [6.07, 6.45) is 0. The van der Waals surface area contributed by atoms with E-state index in [2.05, 4.69) is 10.2 Å². The Morgan fingerprint density at radius 2 is 1.85 bits per heavy atom. The Labute approximate surface area is 197 Å². The smallest absolute Gasteiger partial charge is 0.338 e. The minimum atomic E-state index is -0.425. The van der Waals surface area contributed by atoms with Crippen LogP contribution < -0.4 is 15.5 Å². The average Bonchev–Trinajstić information content (AvgIpc) is 2.87. The number of nitrogens with zero attached hydrogens (tertiary/aromatic N) is 1. The molecule has 3 aliphatic rings. The SMILES string of the molecule is COC(=O)c1ccccc1-c1c2ccc(=O)cc-2oc2cc(OCCN3CCNCC3)ccc12. The van der Waals surface area contributed by atoms with E-state index in [0.717, 1.165) is 49.2 Å². The van der Waals surface area contributed by atoms with Crippen LogP contribution in [0.4, 0.5) is 0 Å². The minimum absolute atomic E-state index is 0.147. The van der Waals surface area contributed by atoms with Crippen LogP contribution in [0.25, 0.3) is 33.4 Å². The predicted octanol–water partition coefficient (Wildman–Crippen LogP) is 3.64. The van der Waals surface area contributed by atoms with E-state index in [0.29, 0.717) is 34.8 Å². The molecule has 0 aromatic heterocycles. The fourth-order valence-corrected chi connectivity index (χ4v) is 4.45. The summed E-state index contributed by atoms with van der Waals surface area (Å²) in [5.74, 6) is 0.717. The van der Waals surface area contributed by atoms with E-state index in [1.54, 1.807) is 18.2 Å². The van der Waals surface area contributed by atoms with Gasteiger partial charge < -0.3 is 19.2 Å². The van der Waals surface area contributed by atoms with Gasteiger partial charge in [0.1, 0.15) is 23.7 Å². The van der Waals surface area contributed by atoms with Gasteiger partial charge in [-0.05, 0) is 35.9 Å². The van der Waals surface area contributed by atoms with Crippen molar-refractivity contribution in [3.8, 4) is 28.2 Å². The van der Waals surface area contributed by atoms with Crippen LogP contribution in [0, 0.1) is 0 Å². The van der Waals surface area contributed by atoms with Gasteiger partial charge in [-0.1, -0.05) is 18.2 Å². The van der Waals surface area contributed by atoms with Crippen LogP contribution in [0.1, 0.15) is 10.4 Å². The molecule has 0 radical (unpaired) electrons. The third kappa shape index (κ3) is 4.40. The molecule has 0 saturated carbocycles. The molecule has 7 heteroatoms. The van der Waals surface area contributed by atoms with Crippen molar-refractivity contribution in [1.82, 2.24) is 10.2 Å². The first-order chi connectivity index (χ1) is 16.6. The molecule has 0 amide bonds. The van der Waals surface area contributed by atoms with Crippen molar-refractivity contribution in [2.24, 2.45) is 0 Å². The maximum absolute atomic E-state index is 12.5. The molecule has 1 saturated heterocycles. The van der Waals surface area contributed by atoms with Crippen molar-refractivity contribution >= 4 is 16.9 Å². The summed E-state index contributed by atoms with van der Waals surface area (Å²) in [5.41, 5.74) is 3.15. The maximum atomic E-state index is 12.5. The highest BCUT2D eigenvalue weighted by molar-refractivity contribution is 6.07. The molecular weight excluding hydrogens is 432 g/mol. The van der Waals surface area contributed by atoms with Crippen molar-refractivity contribution in [3.05, 3.63) is 76.5 Å². The summed E-state index contributed by atoms with van der Waals surface area (Å²) < 4.78 is 17.2. The predicted molar refractivity (Wildman–Crippen MR) is 131 cm³/mol. The third-order valence-electron chi connectivity index (χ3n) is 6.15. The lowest BCUT2D eigenvalue weighted by Gasteiger charge is -2.26. The summed E-state index contributed by atoms with van der Waals surface area (Å²) >= 11 is 0. The second kappa shape index (κ2) is 9.67. The zero-order valence-corrected chi connectivity index (χ0v) is 19.0. The van der Waals surface area contributed by atoms with Gasteiger partial charge in [0.05, 0.1) is 12.7 Å². The number of hydrogen-bond acceptors (Lipinski definition) is 7. The number of esters is 1. The molecule has 34 heavy (non-hydrogen) atoms. The Morgan fingerprint density at radius 1 is 1.03 bits per heavy atom. The summed E-state index contributed by atoms with van der Waals surface area (Å²) in [6, 6.07) is 17.7. The Bertz CT molecular complexity index is 1360. The van der Waals surface area contributed by atoms with Gasteiger partial charge in [-0.2, -0.15) is 0 Å². The van der Waals surface area contributed by atoms with Gasteiger partial charge in [0, 0.05) is 61.4 Å². The van der Waals surface area contributed by atoms with Crippen LogP contribution in [0.15, 0.2) is 69.9 Å². The summed E-state index contributed by atoms with van der Waals surface area (Å²) in [6.45, 7) is 5.46. The Hall–Kier alpha value is -3.68. The molecule has 174 valence electrons. The molecule has 0 atom stereocenters. The number of carbonyl (C=O) groups excluding carboxylic acids is 1. The van der Waals surface area contributed by atoms with Crippen molar-refractivity contribution in [2.45, 2.75) is 0 Å². The molecule has 1 N–H and O–H groups in total. The highest BCUT2D eigenvalue weighted by atomic mass is 16.5. The fourth-order valence-electron chi connectivity index (χ4n) is 4.45. The molecule has 1 aliphatic carbocycles. The van der Waals surface area contributed by atoms with E-state index in [4.69, 9.17) is 13.9 Å². The largest absolute Gasteiger partial charge is 0.492 e. The number of rotatable bonds is 6. The molecular formula is C27H26N2O5. The zero-order valence-electron chi connectivity index (χ0n) is 19.0. The molecule has 0 unspecified atom stereocenters. The molecule has 2 heterocycles. The summed E-state index contributed by atoms with van der Waals surface area (Å²) in [4.78, 5) is 27.0. The second-order valence-electron chi connectivity index (χ2n) is 8.27. The number of piperazine rings is 1. The van der Waals surface area contributed by atoms with E-state index in [1.165, 1.54) is 19.2 Å². The maximum Gasteiger partial charge on any atom is 0.338 e. The first-order valence-electron chi connectivity index (χ1n) is 11.4. The molecule has 2 aromatic rings. The lowest BCUT2D eigenvalue weighted by molar-refractivity contribution is 0.0601. The third-order valence-corrected chi connectivity index (χ3v) is 6.15. The van der Waals surface area contributed by atoms with E-state index in [1.807, 2.05) is 30.3 Å². The van der Waals surface area contributed by atoms with Gasteiger partial charge in [-0.15, -0.1) is 0 Å². The first kappa shape index (κ1) is 22.1. The lowest BCUT2D eigenvalue weighted by atomic mass is 9.91. The van der Waals surface area contributed by atoms with Crippen molar-refractivity contribution < 1.29 is 18.7 Å². The van der Waals surface area contributed by atoms with Crippen LogP contribution >= 0.6 is 0 Å². The van der Waals surface area contributed by atoms with E-state index >= 15 is 0 Å². The van der Waals surface area contributed by atoms with Crippen molar-refractivity contribution in [2.75, 3.05) is 46.4 Å². The Morgan fingerprint density at radius 3 is 2.68 bits per heavy atom. The summed E-state index contributed by atoms with van der Waals surface area (Å²) in [7, 11) is 1.36. The number of fused-ring (bicyclic) bond motifs is 2. The summed E-state index contributed by atoms with van der Waals surface area (Å²) in [5, 5.41) is 4.17. The van der Waals surface area contributed by atoms with Gasteiger partial charge in [-0.25, -0.2) is 4.79 Å². The van der Waals surface area contributed by atoms with E-state index in [9.17, 15) is 9.59 Å². The number of ether oxygens (including phenoxy) is 2.